The zero-order chi connectivity index (χ0) is 12.3. The van der Waals surface area contributed by atoms with Crippen LogP contribution in [0.3, 0.4) is 0 Å². The Labute approximate surface area is 103 Å². The molecule has 0 unspecified atom stereocenters. The highest BCUT2D eigenvalue weighted by Gasteiger charge is 2.02. The first kappa shape index (κ1) is 11.4. The van der Waals surface area contributed by atoms with Crippen LogP contribution in [0.1, 0.15) is 5.56 Å². The number of hydrogen-bond acceptors (Lipinski definition) is 2. The third kappa shape index (κ3) is 2.74. The summed E-state index contributed by atoms with van der Waals surface area (Å²) in [7, 11) is 0. The van der Waals surface area contributed by atoms with Crippen LogP contribution in [0, 0.1) is 17.1 Å². The van der Waals surface area contributed by atoms with E-state index in [1.165, 1.54) is 12.1 Å². The van der Waals surface area contributed by atoms with Gasteiger partial charge >= 0.3 is 0 Å². The van der Waals surface area contributed by atoms with Gasteiger partial charge in [-0.15, -0.1) is 0 Å². The van der Waals surface area contributed by atoms with E-state index < -0.39 is 0 Å². The summed E-state index contributed by atoms with van der Waals surface area (Å²) in [5, 5.41) is 12.1. The Morgan fingerprint density at radius 3 is 2.71 bits per heavy atom. The first-order chi connectivity index (χ1) is 8.19. The predicted molar refractivity (Wildman–Crippen MR) is 65.8 cm³/mol. The van der Waals surface area contributed by atoms with E-state index in [2.05, 4.69) is 5.32 Å². The molecular formula is C13H8ClFN2. The summed E-state index contributed by atoms with van der Waals surface area (Å²) >= 11 is 5.89. The standard InChI is InChI=1S/C13H8ClFN2/c14-12-7-10(15)4-5-13(12)17-11-3-1-2-9(6-11)8-16/h1-7,17H. The molecule has 2 nitrogen and oxygen atoms in total. The highest BCUT2D eigenvalue weighted by atomic mass is 35.5. The van der Waals surface area contributed by atoms with Crippen molar-refractivity contribution in [1.82, 2.24) is 0 Å². The number of halogens is 2. The van der Waals surface area contributed by atoms with Crippen LogP contribution in [0.2, 0.25) is 5.02 Å². The Kier molecular flexibility index (Phi) is 3.27. The van der Waals surface area contributed by atoms with Crippen molar-refractivity contribution in [3.63, 3.8) is 0 Å². The maximum Gasteiger partial charge on any atom is 0.124 e. The second-order valence-corrected chi connectivity index (χ2v) is 3.85. The number of hydrogen-bond donors (Lipinski definition) is 1. The van der Waals surface area contributed by atoms with Crippen molar-refractivity contribution in [2.75, 3.05) is 5.32 Å². The van der Waals surface area contributed by atoms with Crippen molar-refractivity contribution >= 4 is 23.0 Å². The van der Waals surface area contributed by atoms with Crippen molar-refractivity contribution < 1.29 is 4.39 Å². The quantitative estimate of drug-likeness (QED) is 0.866. The van der Waals surface area contributed by atoms with Crippen molar-refractivity contribution in [3.8, 4) is 6.07 Å². The maximum atomic E-state index is 12.8. The van der Waals surface area contributed by atoms with E-state index >= 15 is 0 Å². The van der Waals surface area contributed by atoms with Crippen molar-refractivity contribution in [2.24, 2.45) is 0 Å². The van der Waals surface area contributed by atoms with Gasteiger partial charge < -0.3 is 5.32 Å². The molecule has 0 saturated carbocycles. The van der Waals surface area contributed by atoms with Gasteiger partial charge in [-0.25, -0.2) is 4.39 Å². The lowest BCUT2D eigenvalue weighted by atomic mass is 10.2. The van der Waals surface area contributed by atoms with Gasteiger partial charge in [0, 0.05) is 5.69 Å². The average molecular weight is 247 g/mol. The normalized spacial score (nSPS) is 9.71. The Bertz CT molecular complexity index is 590. The second kappa shape index (κ2) is 4.86. The molecule has 2 rings (SSSR count). The molecule has 0 saturated heterocycles. The number of nitrogens with one attached hydrogen (secondary N) is 1. The van der Waals surface area contributed by atoms with Crippen LogP contribution in [0.15, 0.2) is 42.5 Å². The van der Waals surface area contributed by atoms with Crippen LogP contribution >= 0.6 is 11.6 Å². The first-order valence-electron chi connectivity index (χ1n) is 4.91. The van der Waals surface area contributed by atoms with E-state index in [4.69, 9.17) is 16.9 Å². The minimum Gasteiger partial charge on any atom is -0.354 e. The molecular weight excluding hydrogens is 239 g/mol. The molecule has 0 spiro atoms. The molecule has 0 aliphatic carbocycles. The number of nitriles is 1. The number of benzene rings is 2. The second-order valence-electron chi connectivity index (χ2n) is 3.44. The van der Waals surface area contributed by atoms with E-state index in [0.29, 0.717) is 16.3 Å². The summed E-state index contributed by atoms with van der Waals surface area (Å²) in [5.74, 6) is -0.383. The zero-order valence-electron chi connectivity index (χ0n) is 8.74. The Hall–Kier alpha value is -2.05. The first-order valence-corrected chi connectivity index (χ1v) is 5.29. The monoisotopic (exact) mass is 246 g/mol. The molecule has 4 heteroatoms. The lowest BCUT2D eigenvalue weighted by molar-refractivity contribution is 0.628. The van der Waals surface area contributed by atoms with Crippen LogP contribution in [-0.4, -0.2) is 0 Å². The molecule has 2 aromatic rings. The van der Waals surface area contributed by atoms with Crippen LogP contribution in [0.25, 0.3) is 0 Å². The van der Waals surface area contributed by atoms with Gasteiger partial charge in [-0.2, -0.15) is 5.26 Å². The number of nitrogens with zero attached hydrogens (tertiary/aromatic N) is 1. The molecule has 0 amide bonds. The third-order valence-electron chi connectivity index (χ3n) is 2.20. The summed E-state index contributed by atoms with van der Waals surface area (Å²) in [6, 6.07) is 13.1. The molecule has 1 N–H and O–H groups in total. The summed E-state index contributed by atoms with van der Waals surface area (Å²) in [6.07, 6.45) is 0. The summed E-state index contributed by atoms with van der Waals surface area (Å²) in [4.78, 5) is 0. The van der Waals surface area contributed by atoms with Crippen molar-refractivity contribution in [2.45, 2.75) is 0 Å². The zero-order valence-corrected chi connectivity index (χ0v) is 9.50. The van der Waals surface area contributed by atoms with E-state index in [-0.39, 0.29) is 5.82 Å². The van der Waals surface area contributed by atoms with Gasteiger partial charge in [-0.3, -0.25) is 0 Å². The van der Waals surface area contributed by atoms with E-state index in [1.54, 1.807) is 30.3 Å². The highest BCUT2D eigenvalue weighted by molar-refractivity contribution is 6.33. The average Bonchev–Trinajstić information content (AvgIpc) is 2.33. The molecule has 0 fully saturated rings. The molecule has 0 radical (unpaired) electrons. The van der Waals surface area contributed by atoms with Gasteiger partial charge in [-0.1, -0.05) is 17.7 Å². The fourth-order valence-corrected chi connectivity index (χ4v) is 1.63. The van der Waals surface area contributed by atoms with E-state index in [0.717, 1.165) is 5.69 Å². The number of rotatable bonds is 2. The molecule has 0 bridgehead atoms. The Morgan fingerprint density at radius 1 is 1.18 bits per heavy atom. The summed E-state index contributed by atoms with van der Waals surface area (Å²) < 4.78 is 12.8. The molecule has 0 aliphatic heterocycles. The molecule has 0 aliphatic rings. The van der Waals surface area contributed by atoms with Gasteiger partial charge in [-0.05, 0) is 36.4 Å². The smallest absolute Gasteiger partial charge is 0.124 e. The lowest BCUT2D eigenvalue weighted by Gasteiger charge is -2.08. The van der Waals surface area contributed by atoms with Gasteiger partial charge in [0.2, 0.25) is 0 Å². The molecule has 0 aromatic heterocycles. The van der Waals surface area contributed by atoms with Gasteiger partial charge in [0.05, 0.1) is 22.3 Å². The summed E-state index contributed by atoms with van der Waals surface area (Å²) in [6.45, 7) is 0. The SMILES string of the molecule is N#Cc1cccc(Nc2ccc(F)cc2Cl)c1. The molecule has 2 aromatic carbocycles. The van der Waals surface area contributed by atoms with Gasteiger partial charge in [0.25, 0.3) is 0 Å². The van der Waals surface area contributed by atoms with E-state index in [9.17, 15) is 4.39 Å². The van der Waals surface area contributed by atoms with Gasteiger partial charge in [0.15, 0.2) is 0 Å². The maximum absolute atomic E-state index is 12.8. The Balaban J connectivity index is 2.28. The third-order valence-corrected chi connectivity index (χ3v) is 2.51. The van der Waals surface area contributed by atoms with Crippen LogP contribution < -0.4 is 5.32 Å². The molecule has 0 atom stereocenters. The van der Waals surface area contributed by atoms with Crippen molar-refractivity contribution in [3.05, 3.63) is 58.9 Å². The van der Waals surface area contributed by atoms with E-state index in [1.807, 2.05) is 6.07 Å². The Morgan fingerprint density at radius 2 is 2.00 bits per heavy atom. The largest absolute Gasteiger partial charge is 0.354 e. The highest BCUT2D eigenvalue weighted by Crippen LogP contribution is 2.26. The topological polar surface area (TPSA) is 35.8 Å². The fourth-order valence-electron chi connectivity index (χ4n) is 1.41. The van der Waals surface area contributed by atoms with Gasteiger partial charge in [0.1, 0.15) is 5.82 Å². The van der Waals surface area contributed by atoms with Crippen LogP contribution in [0.4, 0.5) is 15.8 Å². The predicted octanol–water partition coefficient (Wildman–Crippen LogP) is 4.09. The minimum absolute atomic E-state index is 0.298. The molecule has 0 heterocycles. The lowest BCUT2D eigenvalue weighted by Crippen LogP contribution is -1.92. The fraction of sp³-hybridized carbons (Fsp3) is 0. The van der Waals surface area contributed by atoms with Crippen molar-refractivity contribution in [1.29, 1.82) is 5.26 Å². The molecule has 17 heavy (non-hydrogen) atoms. The summed E-state index contributed by atoms with van der Waals surface area (Å²) in [5.41, 5.74) is 1.88. The van der Waals surface area contributed by atoms with Crippen LogP contribution in [-0.2, 0) is 0 Å². The molecule has 84 valence electrons. The minimum atomic E-state index is -0.383. The number of anilines is 2. The van der Waals surface area contributed by atoms with Crippen LogP contribution in [0.5, 0.6) is 0 Å².